The Hall–Kier alpha value is -0.940. The molecular weight excluding hydrogens is 178 g/mol. The lowest BCUT2D eigenvalue weighted by atomic mass is 10.1. The van der Waals surface area contributed by atoms with E-state index in [9.17, 15) is 0 Å². The number of benzene rings is 1. The first-order valence-corrected chi connectivity index (χ1v) is 5.61. The van der Waals surface area contributed by atoms with Crippen molar-refractivity contribution < 1.29 is 0 Å². The second kappa shape index (κ2) is 3.43. The Balaban J connectivity index is 2.12. The maximum Gasteiger partial charge on any atom is 0.0662 e. The monoisotopic (exact) mass is 189 g/mol. The fraction of sp³-hybridized carbons (Fsp3) is 0.364. The smallest absolute Gasteiger partial charge is 0.0662 e. The van der Waals surface area contributed by atoms with Crippen molar-refractivity contribution in [3.8, 4) is 6.07 Å². The second-order valence-corrected chi connectivity index (χ2v) is 4.23. The van der Waals surface area contributed by atoms with E-state index in [-0.39, 0.29) is 5.92 Å². The molecule has 2 heteroatoms. The van der Waals surface area contributed by atoms with Gasteiger partial charge in [-0.25, -0.2) is 0 Å². The number of rotatable bonds is 2. The Morgan fingerprint density at radius 3 is 2.54 bits per heavy atom. The molecule has 0 amide bonds. The zero-order chi connectivity index (χ0) is 9.26. The first-order valence-electron chi connectivity index (χ1n) is 4.38. The summed E-state index contributed by atoms with van der Waals surface area (Å²) in [5.41, 5.74) is 1.32. The molecule has 66 valence electrons. The van der Waals surface area contributed by atoms with Crippen LogP contribution in [-0.2, 0) is 0 Å². The molecule has 1 aliphatic rings. The molecule has 0 bridgehead atoms. The Labute approximate surface area is 82.8 Å². The van der Waals surface area contributed by atoms with Crippen molar-refractivity contribution in [1.82, 2.24) is 0 Å². The summed E-state index contributed by atoms with van der Waals surface area (Å²) in [4.78, 5) is 1.29. The molecule has 2 rings (SSSR count). The van der Waals surface area contributed by atoms with Gasteiger partial charge in [0.25, 0.3) is 0 Å². The van der Waals surface area contributed by atoms with Crippen LogP contribution in [0.3, 0.4) is 0 Å². The van der Waals surface area contributed by atoms with Gasteiger partial charge in [-0.05, 0) is 30.4 Å². The highest BCUT2D eigenvalue weighted by atomic mass is 32.2. The van der Waals surface area contributed by atoms with E-state index < -0.39 is 0 Å². The van der Waals surface area contributed by atoms with Gasteiger partial charge >= 0.3 is 0 Å². The van der Waals surface area contributed by atoms with Gasteiger partial charge in [-0.2, -0.15) is 5.26 Å². The van der Waals surface area contributed by atoms with Crippen molar-refractivity contribution >= 4 is 11.8 Å². The van der Waals surface area contributed by atoms with Gasteiger partial charge in [-0.1, -0.05) is 12.1 Å². The lowest BCUT2D eigenvalue weighted by molar-refractivity contribution is 1.02. The molecule has 1 saturated carbocycles. The largest absolute Gasteiger partial charge is 0.198 e. The van der Waals surface area contributed by atoms with Gasteiger partial charge in [0.1, 0.15) is 0 Å². The summed E-state index contributed by atoms with van der Waals surface area (Å²) in [7, 11) is 0. The zero-order valence-electron chi connectivity index (χ0n) is 7.53. The predicted octanol–water partition coefficient (Wildman–Crippen LogP) is 3.04. The van der Waals surface area contributed by atoms with Gasteiger partial charge in [0.2, 0.25) is 0 Å². The normalized spacial score (nSPS) is 25.2. The number of thioether (sulfide) groups is 1. The van der Waals surface area contributed by atoms with Crippen LogP contribution < -0.4 is 0 Å². The molecule has 1 fully saturated rings. The molecule has 2 atom stereocenters. The van der Waals surface area contributed by atoms with Gasteiger partial charge in [0.15, 0.2) is 0 Å². The van der Waals surface area contributed by atoms with Crippen LogP contribution >= 0.6 is 11.8 Å². The Bertz CT molecular complexity index is 336. The molecule has 0 heterocycles. The first-order chi connectivity index (χ1) is 6.35. The minimum Gasteiger partial charge on any atom is -0.198 e. The summed E-state index contributed by atoms with van der Waals surface area (Å²) in [6, 6.07) is 10.9. The van der Waals surface area contributed by atoms with E-state index in [0.29, 0.717) is 5.92 Å². The van der Waals surface area contributed by atoms with E-state index in [1.54, 1.807) is 11.8 Å². The topological polar surface area (TPSA) is 23.8 Å². The average Bonchev–Trinajstić information content (AvgIpc) is 2.97. The molecular formula is C11H11NS. The minimum atomic E-state index is 0.278. The van der Waals surface area contributed by atoms with Crippen molar-refractivity contribution in [2.24, 2.45) is 5.92 Å². The molecule has 1 nitrogen and oxygen atoms in total. The maximum atomic E-state index is 8.68. The van der Waals surface area contributed by atoms with Crippen LogP contribution in [0.25, 0.3) is 0 Å². The molecule has 0 aromatic heterocycles. The summed E-state index contributed by atoms with van der Waals surface area (Å²) in [6.45, 7) is 0. The predicted molar refractivity (Wildman–Crippen MR) is 54.7 cm³/mol. The Kier molecular flexibility index (Phi) is 2.28. The van der Waals surface area contributed by atoms with Gasteiger partial charge < -0.3 is 0 Å². The summed E-state index contributed by atoms with van der Waals surface area (Å²) in [6.07, 6.45) is 3.12. The lowest BCUT2D eigenvalue weighted by Crippen LogP contribution is -1.81. The van der Waals surface area contributed by atoms with E-state index in [1.807, 2.05) is 0 Å². The highest BCUT2D eigenvalue weighted by molar-refractivity contribution is 7.98. The molecule has 1 aromatic carbocycles. The van der Waals surface area contributed by atoms with Crippen LogP contribution in [0.15, 0.2) is 29.2 Å². The first kappa shape index (κ1) is 8.65. The maximum absolute atomic E-state index is 8.68. The van der Waals surface area contributed by atoms with Crippen molar-refractivity contribution in [3.63, 3.8) is 0 Å². The summed E-state index contributed by atoms with van der Waals surface area (Å²) < 4.78 is 0. The van der Waals surface area contributed by atoms with Crippen molar-refractivity contribution in [2.75, 3.05) is 6.26 Å². The molecule has 0 saturated heterocycles. The number of nitriles is 1. The lowest BCUT2D eigenvalue weighted by Gasteiger charge is -1.99. The quantitative estimate of drug-likeness (QED) is 0.668. The Morgan fingerprint density at radius 1 is 1.38 bits per heavy atom. The second-order valence-electron chi connectivity index (χ2n) is 3.35. The summed E-state index contributed by atoms with van der Waals surface area (Å²) in [5.74, 6) is 0.793. The minimum absolute atomic E-state index is 0.278. The van der Waals surface area contributed by atoms with E-state index in [0.717, 1.165) is 6.42 Å². The SMILES string of the molecule is CSc1ccc(C2CC2C#N)cc1. The fourth-order valence-electron chi connectivity index (χ4n) is 1.56. The van der Waals surface area contributed by atoms with Crippen LogP contribution in [-0.4, -0.2) is 6.26 Å². The third-order valence-corrected chi connectivity index (χ3v) is 3.24. The van der Waals surface area contributed by atoms with E-state index in [2.05, 4.69) is 36.6 Å². The number of nitrogens with zero attached hydrogens (tertiary/aromatic N) is 1. The van der Waals surface area contributed by atoms with Gasteiger partial charge in [-0.15, -0.1) is 11.8 Å². The standard InChI is InChI=1S/C11H11NS/c1-13-10-4-2-8(3-5-10)11-6-9(11)7-12/h2-5,9,11H,6H2,1H3. The third-order valence-electron chi connectivity index (χ3n) is 2.50. The third kappa shape index (κ3) is 1.71. The average molecular weight is 189 g/mol. The van der Waals surface area contributed by atoms with Crippen LogP contribution in [0.5, 0.6) is 0 Å². The molecule has 2 unspecified atom stereocenters. The summed E-state index contributed by atoms with van der Waals surface area (Å²) >= 11 is 1.75. The van der Waals surface area contributed by atoms with Gasteiger partial charge in [0, 0.05) is 10.8 Å². The number of hydrogen-bond donors (Lipinski definition) is 0. The molecule has 13 heavy (non-hydrogen) atoms. The molecule has 1 aliphatic carbocycles. The molecule has 0 aliphatic heterocycles. The van der Waals surface area contributed by atoms with E-state index >= 15 is 0 Å². The number of hydrogen-bond acceptors (Lipinski definition) is 2. The van der Waals surface area contributed by atoms with Gasteiger partial charge in [-0.3, -0.25) is 0 Å². The van der Waals surface area contributed by atoms with Gasteiger partial charge in [0.05, 0.1) is 12.0 Å². The molecule has 1 aromatic rings. The highest BCUT2D eigenvalue weighted by Gasteiger charge is 2.38. The van der Waals surface area contributed by atoms with Crippen LogP contribution in [0.2, 0.25) is 0 Å². The fourth-order valence-corrected chi connectivity index (χ4v) is 1.97. The highest BCUT2D eigenvalue weighted by Crippen LogP contribution is 2.46. The zero-order valence-corrected chi connectivity index (χ0v) is 8.34. The Morgan fingerprint density at radius 2 is 2.08 bits per heavy atom. The van der Waals surface area contributed by atoms with Crippen molar-refractivity contribution in [1.29, 1.82) is 5.26 Å². The molecule has 0 N–H and O–H groups in total. The van der Waals surface area contributed by atoms with Crippen LogP contribution in [0.1, 0.15) is 17.9 Å². The van der Waals surface area contributed by atoms with Crippen LogP contribution in [0.4, 0.5) is 0 Å². The molecule has 0 spiro atoms. The van der Waals surface area contributed by atoms with Crippen molar-refractivity contribution in [3.05, 3.63) is 29.8 Å². The summed E-state index contributed by atoms with van der Waals surface area (Å²) in [5, 5.41) is 8.68. The molecule has 0 radical (unpaired) electrons. The van der Waals surface area contributed by atoms with E-state index in [4.69, 9.17) is 5.26 Å². The van der Waals surface area contributed by atoms with Crippen LogP contribution in [0, 0.1) is 17.2 Å². The van der Waals surface area contributed by atoms with E-state index in [1.165, 1.54) is 10.5 Å². The van der Waals surface area contributed by atoms with Crippen molar-refractivity contribution in [2.45, 2.75) is 17.2 Å².